The maximum absolute atomic E-state index is 12.6. The van der Waals surface area contributed by atoms with Crippen LogP contribution in [0.15, 0.2) is 36.4 Å². The normalized spacial score (nSPS) is 16.5. The van der Waals surface area contributed by atoms with E-state index in [-0.39, 0.29) is 11.6 Å². The molecule has 0 unspecified atom stereocenters. The Labute approximate surface area is 152 Å². The number of carbonyl (C=O) groups is 1. The lowest BCUT2D eigenvalue weighted by molar-refractivity contribution is 0.171. The second-order valence-corrected chi connectivity index (χ2v) is 6.72. The van der Waals surface area contributed by atoms with E-state index >= 15 is 0 Å². The van der Waals surface area contributed by atoms with Gasteiger partial charge < -0.3 is 24.8 Å². The second-order valence-electron chi connectivity index (χ2n) is 6.72. The maximum Gasteiger partial charge on any atom is 0.320 e. The van der Waals surface area contributed by atoms with Crippen LogP contribution in [-0.2, 0) is 5.54 Å². The third-order valence-electron chi connectivity index (χ3n) is 4.80. The van der Waals surface area contributed by atoms with Gasteiger partial charge in [0.15, 0.2) is 11.5 Å². The molecule has 2 aromatic rings. The number of methoxy groups -OCH3 is 1. The average molecular weight is 354 g/mol. The predicted molar refractivity (Wildman–Crippen MR) is 98.2 cm³/mol. The van der Waals surface area contributed by atoms with Gasteiger partial charge in [0.05, 0.1) is 18.3 Å². The largest absolute Gasteiger partial charge is 0.495 e. The van der Waals surface area contributed by atoms with Crippen molar-refractivity contribution in [2.45, 2.75) is 25.3 Å². The Bertz CT molecular complexity index is 846. The molecule has 0 spiro atoms. The second kappa shape index (κ2) is 6.44. The van der Waals surface area contributed by atoms with Crippen molar-refractivity contribution in [3.05, 3.63) is 47.5 Å². The van der Waals surface area contributed by atoms with Gasteiger partial charge in [-0.2, -0.15) is 0 Å². The lowest BCUT2D eigenvalue weighted by atomic mass is 10.0. The highest BCUT2D eigenvalue weighted by Crippen LogP contribution is 2.48. The van der Waals surface area contributed by atoms with E-state index in [2.05, 4.69) is 10.6 Å². The molecule has 0 radical (unpaired) electrons. The SMILES string of the molecule is COc1ccc(C)cc1NC(=O)NC1(c2ccc3c(c2)OCCO3)CC1. The molecule has 1 heterocycles. The summed E-state index contributed by atoms with van der Waals surface area (Å²) >= 11 is 0. The first-order chi connectivity index (χ1) is 12.6. The van der Waals surface area contributed by atoms with Crippen molar-refractivity contribution in [2.75, 3.05) is 25.6 Å². The van der Waals surface area contributed by atoms with Crippen LogP contribution in [0.1, 0.15) is 24.0 Å². The zero-order valence-corrected chi connectivity index (χ0v) is 14.9. The van der Waals surface area contributed by atoms with Crippen molar-refractivity contribution in [2.24, 2.45) is 0 Å². The van der Waals surface area contributed by atoms with Crippen LogP contribution < -0.4 is 24.8 Å². The zero-order valence-electron chi connectivity index (χ0n) is 14.9. The summed E-state index contributed by atoms with van der Waals surface area (Å²) in [6.07, 6.45) is 1.79. The molecule has 0 aromatic heterocycles. The lowest BCUT2D eigenvalue weighted by Gasteiger charge is -2.23. The van der Waals surface area contributed by atoms with Gasteiger partial charge in [-0.1, -0.05) is 12.1 Å². The molecule has 4 rings (SSSR count). The summed E-state index contributed by atoms with van der Waals surface area (Å²) in [6, 6.07) is 11.3. The van der Waals surface area contributed by atoms with E-state index in [1.807, 2.05) is 43.3 Å². The average Bonchev–Trinajstić information content (AvgIpc) is 3.42. The molecule has 2 aromatic carbocycles. The van der Waals surface area contributed by atoms with Gasteiger partial charge in [0.1, 0.15) is 19.0 Å². The molecule has 1 saturated carbocycles. The fraction of sp³-hybridized carbons (Fsp3) is 0.350. The molecule has 2 N–H and O–H groups in total. The number of aryl methyl sites for hydroxylation is 1. The Morgan fingerprint density at radius 3 is 2.58 bits per heavy atom. The number of nitrogens with one attached hydrogen (secondary N) is 2. The number of amides is 2. The van der Waals surface area contributed by atoms with Crippen molar-refractivity contribution in [3.63, 3.8) is 0 Å². The Kier molecular flexibility index (Phi) is 4.11. The molecule has 0 saturated heterocycles. The number of fused-ring (bicyclic) bond motifs is 1. The number of carbonyl (C=O) groups excluding carboxylic acids is 1. The third-order valence-corrected chi connectivity index (χ3v) is 4.80. The van der Waals surface area contributed by atoms with Crippen LogP contribution >= 0.6 is 0 Å². The van der Waals surface area contributed by atoms with Crippen LogP contribution in [0.3, 0.4) is 0 Å². The summed E-state index contributed by atoms with van der Waals surface area (Å²) < 4.78 is 16.6. The highest BCUT2D eigenvalue weighted by atomic mass is 16.6. The van der Waals surface area contributed by atoms with Crippen molar-refractivity contribution in [1.82, 2.24) is 5.32 Å². The van der Waals surface area contributed by atoms with Crippen molar-refractivity contribution < 1.29 is 19.0 Å². The first-order valence-corrected chi connectivity index (χ1v) is 8.74. The number of rotatable bonds is 4. The summed E-state index contributed by atoms with van der Waals surface area (Å²) in [4.78, 5) is 12.6. The van der Waals surface area contributed by atoms with E-state index in [1.165, 1.54) is 0 Å². The fourth-order valence-electron chi connectivity index (χ4n) is 3.24. The molecular weight excluding hydrogens is 332 g/mol. The summed E-state index contributed by atoms with van der Waals surface area (Å²) in [6.45, 7) is 3.08. The zero-order chi connectivity index (χ0) is 18.1. The topological polar surface area (TPSA) is 68.8 Å². The minimum Gasteiger partial charge on any atom is -0.495 e. The molecule has 0 bridgehead atoms. The molecule has 0 atom stereocenters. The molecule has 6 heteroatoms. The van der Waals surface area contributed by atoms with Crippen molar-refractivity contribution in [1.29, 1.82) is 0 Å². The van der Waals surface area contributed by atoms with Gasteiger partial charge >= 0.3 is 6.03 Å². The van der Waals surface area contributed by atoms with Gasteiger partial charge in [-0.25, -0.2) is 4.79 Å². The van der Waals surface area contributed by atoms with Crippen LogP contribution in [0.4, 0.5) is 10.5 Å². The number of hydrogen-bond acceptors (Lipinski definition) is 4. The first kappa shape index (κ1) is 16.6. The molecule has 1 aliphatic heterocycles. The molecule has 136 valence electrons. The Morgan fingerprint density at radius 1 is 1.08 bits per heavy atom. The third kappa shape index (κ3) is 3.14. The van der Waals surface area contributed by atoms with Crippen LogP contribution in [-0.4, -0.2) is 26.4 Å². The number of benzene rings is 2. The van der Waals surface area contributed by atoms with Crippen LogP contribution in [0.25, 0.3) is 0 Å². The number of ether oxygens (including phenoxy) is 3. The molecule has 2 amide bonds. The predicted octanol–water partition coefficient (Wildman–Crippen LogP) is 3.59. The molecular formula is C20H22N2O4. The van der Waals surface area contributed by atoms with Crippen LogP contribution in [0.2, 0.25) is 0 Å². The monoisotopic (exact) mass is 354 g/mol. The summed E-state index contributed by atoms with van der Waals surface area (Å²) in [5, 5.41) is 6.01. The van der Waals surface area contributed by atoms with Gasteiger partial charge in [0, 0.05) is 0 Å². The molecule has 1 fully saturated rings. The van der Waals surface area contributed by atoms with Crippen LogP contribution in [0, 0.1) is 6.92 Å². The van der Waals surface area contributed by atoms with Gasteiger partial charge in [0.25, 0.3) is 0 Å². The van der Waals surface area contributed by atoms with E-state index in [4.69, 9.17) is 14.2 Å². The van der Waals surface area contributed by atoms with E-state index < -0.39 is 0 Å². The Balaban J connectivity index is 1.50. The molecule has 26 heavy (non-hydrogen) atoms. The minimum atomic E-state index is -0.350. The molecule has 1 aliphatic carbocycles. The van der Waals surface area contributed by atoms with E-state index in [9.17, 15) is 4.79 Å². The Hall–Kier alpha value is -2.89. The number of urea groups is 1. The smallest absolute Gasteiger partial charge is 0.320 e. The quantitative estimate of drug-likeness (QED) is 0.880. The number of hydrogen-bond donors (Lipinski definition) is 2. The highest BCUT2D eigenvalue weighted by Gasteiger charge is 2.46. The molecule has 2 aliphatic rings. The van der Waals surface area contributed by atoms with E-state index in [0.29, 0.717) is 24.7 Å². The lowest BCUT2D eigenvalue weighted by Crippen LogP contribution is -2.38. The fourth-order valence-corrected chi connectivity index (χ4v) is 3.24. The minimum absolute atomic E-state index is 0.249. The van der Waals surface area contributed by atoms with Crippen LogP contribution in [0.5, 0.6) is 17.2 Å². The van der Waals surface area contributed by atoms with Crippen molar-refractivity contribution >= 4 is 11.7 Å². The maximum atomic E-state index is 12.6. The van der Waals surface area contributed by atoms with Gasteiger partial charge in [-0.15, -0.1) is 0 Å². The summed E-state index contributed by atoms with van der Waals surface area (Å²) in [5.41, 5.74) is 2.39. The number of anilines is 1. The Morgan fingerprint density at radius 2 is 1.85 bits per heavy atom. The highest BCUT2D eigenvalue weighted by molar-refractivity contribution is 5.92. The van der Waals surface area contributed by atoms with Gasteiger partial charge in [-0.05, 0) is 55.2 Å². The first-order valence-electron chi connectivity index (χ1n) is 8.74. The summed E-state index contributed by atoms with van der Waals surface area (Å²) in [7, 11) is 1.59. The standard InChI is InChI=1S/C20H22N2O4/c1-13-3-5-16(24-2)15(11-13)21-19(23)22-20(7-8-20)14-4-6-17-18(12-14)26-10-9-25-17/h3-6,11-12H,7-10H2,1-2H3,(H2,21,22,23). The van der Waals surface area contributed by atoms with E-state index in [0.717, 1.165) is 35.5 Å². The summed E-state index contributed by atoms with van der Waals surface area (Å²) in [5.74, 6) is 2.13. The molecule has 6 nitrogen and oxygen atoms in total. The van der Waals surface area contributed by atoms with Gasteiger partial charge in [-0.3, -0.25) is 0 Å². The van der Waals surface area contributed by atoms with Crippen molar-refractivity contribution in [3.8, 4) is 17.2 Å². The van der Waals surface area contributed by atoms with E-state index in [1.54, 1.807) is 7.11 Å². The van der Waals surface area contributed by atoms with Gasteiger partial charge in [0.2, 0.25) is 0 Å².